The Morgan fingerprint density at radius 1 is 1.32 bits per heavy atom. The Labute approximate surface area is 164 Å². The molecule has 2 aromatic carbocycles. The second-order valence-electron chi connectivity index (χ2n) is 6.94. The summed E-state index contributed by atoms with van der Waals surface area (Å²) >= 11 is 0. The van der Waals surface area contributed by atoms with Gasteiger partial charge in [-0.05, 0) is 56.0 Å². The maximum absolute atomic E-state index is 12.4. The van der Waals surface area contributed by atoms with Gasteiger partial charge in [-0.1, -0.05) is 18.2 Å². The molecule has 0 aliphatic carbocycles. The highest BCUT2D eigenvalue weighted by Gasteiger charge is 2.21. The Balaban J connectivity index is 1.39. The molecule has 0 saturated carbocycles. The van der Waals surface area contributed by atoms with Crippen LogP contribution in [0.3, 0.4) is 0 Å². The molecule has 1 amide bonds. The molecule has 6 nitrogen and oxygen atoms in total. The number of aryl methyl sites for hydroxylation is 1. The fraction of sp³-hybridized carbons (Fsp3) is 0.364. The van der Waals surface area contributed by atoms with Gasteiger partial charge in [-0.2, -0.15) is 0 Å². The molecular formula is C22H25N3O3. The van der Waals surface area contributed by atoms with Crippen LogP contribution in [0.2, 0.25) is 0 Å². The van der Waals surface area contributed by atoms with Crippen LogP contribution in [-0.4, -0.2) is 29.1 Å². The zero-order valence-electron chi connectivity index (χ0n) is 16.0. The molecule has 3 aromatic rings. The van der Waals surface area contributed by atoms with E-state index in [-0.39, 0.29) is 12.0 Å². The van der Waals surface area contributed by atoms with Gasteiger partial charge in [0.2, 0.25) is 5.91 Å². The van der Waals surface area contributed by atoms with E-state index in [9.17, 15) is 4.79 Å². The minimum Gasteiger partial charge on any atom is -0.494 e. The number of aromatic nitrogens is 2. The second kappa shape index (κ2) is 8.44. The molecule has 0 spiro atoms. The lowest BCUT2D eigenvalue weighted by molar-refractivity contribution is -0.116. The quantitative estimate of drug-likeness (QED) is 0.638. The normalized spacial score (nSPS) is 16.4. The number of rotatable bonds is 7. The molecule has 4 rings (SSSR count). The fourth-order valence-electron chi connectivity index (χ4n) is 3.53. The van der Waals surface area contributed by atoms with Crippen molar-refractivity contribution in [1.82, 2.24) is 9.97 Å². The number of imidazole rings is 1. The number of hydrogen-bond donors (Lipinski definition) is 2. The summed E-state index contributed by atoms with van der Waals surface area (Å²) in [6.45, 7) is 3.36. The van der Waals surface area contributed by atoms with Crippen LogP contribution in [0.15, 0.2) is 42.5 Å². The van der Waals surface area contributed by atoms with E-state index < -0.39 is 0 Å². The average Bonchev–Trinajstić information content (AvgIpc) is 3.37. The van der Waals surface area contributed by atoms with Gasteiger partial charge in [0.15, 0.2) is 0 Å². The van der Waals surface area contributed by atoms with Crippen molar-refractivity contribution in [2.24, 2.45) is 0 Å². The molecule has 0 radical (unpaired) electrons. The molecule has 1 aliphatic heterocycles. The Hall–Kier alpha value is -2.86. The van der Waals surface area contributed by atoms with Crippen LogP contribution < -0.4 is 10.1 Å². The largest absolute Gasteiger partial charge is 0.494 e. The minimum atomic E-state index is -0.0236. The molecule has 1 aromatic heterocycles. The topological polar surface area (TPSA) is 76.2 Å². The Bertz CT molecular complexity index is 961. The first kappa shape index (κ1) is 18.5. The van der Waals surface area contributed by atoms with Crippen LogP contribution in [-0.2, 0) is 16.0 Å². The van der Waals surface area contributed by atoms with Gasteiger partial charge in [0.05, 0.1) is 17.6 Å². The first-order valence-corrected chi connectivity index (χ1v) is 9.85. The number of benzene rings is 2. The van der Waals surface area contributed by atoms with Crippen molar-refractivity contribution < 1.29 is 14.3 Å². The smallest absolute Gasteiger partial charge is 0.224 e. The van der Waals surface area contributed by atoms with Gasteiger partial charge in [-0.3, -0.25) is 4.79 Å². The van der Waals surface area contributed by atoms with E-state index >= 15 is 0 Å². The van der Waals surface area contributed by atoms with Crippen molar-refractivity contribution in [3.63, 3.8) is 0 Å². The van der Waals surface area contributed by atoms with Crippen LogP contribution >= 0.6 is 0 Å². The molecule has 2 heterocycles. The van der Waals surface area contributed by atoms with E-state index in [1.165, 1.54) is 0 Å². The molecule has 2 N–H and O–H groups in total. The molecular weight excluding hydrogens is 354 g/mol. The summed E-state index contributed by atoms with van der Waals surface area (Å²) in [6.07, 6.45) is 3.14. The van der Waals surface area contributed by atoms with Crippen LogP contribution in [0.1, 0.15) is 43.7 Å². The molecule has 146 valence electrons. The molecule has 1 saturated heterocycles. The second-order valence-corrected chi connectivity index (χ2v) is 6.94. The summed E-state index contributed by atoms with van der Waals surface area (Å²) in [7, 11) is 0. The molecule has 28 heavy (non-hydrogen) atoms. The standard InChI is InChI=1S/C22H25N3O3/c1-2-27-19-7-4-3-6-15(19)9-12-21(26)23-16-10-11-17-18(14-16)25-22(24-17)20-8-5-13-28-20/h3-4,6-7,10-11,14,20H,2,5,8-9,12-13H2,1H3,(H,23,26)(H,24,25). The number of hydrogen-bond acceptors (Lipinski definition) is 4. The lowest BCUT2D eigenvalue weighted by Crippen LogP contribution is -2.12. The molecule has 6 heteroatoms. The summed E-state index contributed by atoms with van der Waals surface area (Å²) in [5.41, 5.74) is 3.60. The van der Waals surface area contributed by atoms with E-state index in [0.717, 1.165) is 53.3 Å². The number of carbonyl (C=O) groups is 1. The highest BCUT2D eigenvalue weighted by atomic mass is 16.5. The van der Waals surface area contributed by atoms with E-state index in [1.54, 1.807) is 0 Å². The lowest BCUT2D eigenvalue weighted by Gasteiger charge is -2.10. The van der Waals surface area contributed by atoms with Crippen LogP contribution in [0.4, 0.5) is 5.69 Å². The van der Waals surface area contributed by atoms with E-state index in [4.69, 9.17) is 9.47 Å². The Morgan fingerprint density at radius 3 is 3.04 bits per heavy atom. The Morgan fingerprint density at radius 2 is 2.21 bits per heavy atom. The number of aromatic amines is 1. The van der Waals surface area contributed by atoms with E-state index in [2.05, 4.69) is 15.3 Å². The van der Waals surface area contributed by atoms with Crippen molar-refractivity contribution in [2.75, 3.05) is 18.5 Å². The van der Waals surface area contributed by atoms with Crippen molar-refractivity contribution in [2.45, 2.75) is 38.7 Å². The number of H-pyrrole nitrogens is 1. The Kier molecular flexibility index (Phi) is 5.58. The average molecular weight is 379 g/mol. The molecule has 0 bridgehead atoms. The summed E-state index contributed by atoms with van der Waals surface area (Å²) in [6, 6.07) is 13.6. The maximum Gasteiger partial charge on any atom is 0.224 e. The van der Waals surface area contributed by atoms with Crippen molar-refractivity contribution in [3.05, 3.63) is 53.9 Å². The predicted octanol–water partition coefficient (Wildman–Crippen LogP) is 4.38. The number of carbonyl (C=O) groups excluding carboxylic acids is 1. The number of fused-ring (bicyclic) bond motifs is 1. The van der Waals surface area contributed by atoms with Crippen molar-refractivity contribution in [3.8, 4) is 5.75 Å². The third-order valence-electron chi connectivity index (χ3n) is 4.91. The van der Waals surface area contributed by atoms with Gasteiger partial charge in [0.25, 0.3) is 0 Å². The number of nitrogens with one attached hydrogen (secondary N) is 2. The number of ether oxygens (including phenoxy) is 2. The highest BCUT2D eigenvalue weighted by Crippen LogP contribution is 2.28. The van der Waals surface area contributed by atoms with Gasteiger partial charge in [0.1, 0.15) is 17.7 Å². The van der Waals surface area contributed by atoms with E-state index in [0.29, 0.717) is 19.4 Å². The lowest BCUT2D eigenvalue weighted by atomic mass is 10.1. The number of amides is 1. The predicted molar refractivity (Wildman–Crippen MR) is 109 cm³/mol. The fourth-order valence-corrected chi connectivity index (χ4v) is 3.53. The molecule has 1 unspecified atom stereocenters. The zero-order chi connectivity index (χ0) is 19.3. The first-order valence-electron chi connectivity index (χ1n) is 9.85. The van der Waals surface area contributed by atoms with Gasteiger partial charge in [-0.15, -0.1) is 0 Å². The summed E-state index contributed by atoms with van der Waals surface area (Å²) in [5, 5.41) is 2.98. The van der Waals surface area contributed by atoms with Gasteiger partial charge < -0.3 is 19.8 Å². The SMILES string of the molecule is CCOc1ccccc1CCC(=O)Nc1ccc2nc(C3CCCO3)[nH]c2c1. The summed E-state index contributed by atoms with van der Waals surface area (Å²) in [5.74, 6) is 1.69. The third-order valence-corrected chi connectivity index (χ3v) is 4.91. The van der Waals surface area contributed by atoms with Crippen molar-refractivity contribution >= 4 is 22.6 Å². The monoisotopic (exact) mass is 379 g/mol. The van der Waals surface area contributed by atoms with Crippen LogP contribution in [0.5, 0.6) is 5.75 Å². The summed E-state index contributed by atoms with van der Waals surface area (Å²) in [4.78, 5) is 20.3. The van der Waals surface area contributed by atoms with Crippen molar-refractivity contribution in [1.29, 1.82) is 0 Å². The van der Waals surface area contributed by atoms with Gasteiger partial charge in [0, 0.05) is 18.7 Å². The maximum atomic E-state index is 12.4. The third kappa shape index (κ3) is 4.17. The summed E-state index contributed by atoms with van der Waals surface area (Å²) < 4.78 is 11.3. The molecule has 1 atom stereocenters. The zero-order valence-corrected chi connectivity index (χ0v) is 16.0. The van der Waals surface area contributed by atoms with E-state index in [1.807, 2.05) is 49.4 Å². The van der Waals surface area contributed by atoms with Crippen LogP contribution in [0.25, 0.3) is 11.0 Å². The minimum absolute atomic E-state index is 0.0236. The number of nitrogens with zero attached hydrogens (tertiary/aromatic N) is 1. The van der Waals surface area contributed by atoms with Gasteiger partial charge in [-0.25, -0.2) is 4.98 Å². The van der Waals surface area contributed by atoms with Gasteiger partial charge >= 0.3 is 0 Å². The molecule has 1 fully saturated rings. The first-order chi connectivity index (χ1) is 13.7. The number of anilines is 1. The van der Waals surface area contributed by atoms with Crippen LogP contribution in [0, 0.1) is 0 Å². The molecule has 1 aliphatic rings. The highest BCUT2D eigenvalue weighted by molar-refractivity contribution is 5.93. The number of para-hydroxylation sites is 1.